The Labute approximate surface area is 161 Å². The summed E-state index contributed by atoms with van der Waals surface area (Å²) in [6.45, 7) is 2.10. The topological polar surface area (TPSA) is 37.8 Å². The Morgan fingerprint density at radius 1 is 0.808 bits per heavy atom. The van der Waals surface area contributed by atoms with Gasteiger partial charge in [-0.15, -0.1) is 0 Å². The number of nitrogens with one attached hydrogen (secondary N) is 1. The number of halogens is 1. The molecule has 4 heteroatoms. The van der Waals surface area contributed by atoms with Gasteiger partial charge in [-0.25, -0.2) is 9.97 Å². The Morgan fingerprint density at radius 2 is 1.46 bits per heavy atom. The van der Waals surface area contributed by atoms with E-state index in [0.29, 0.717) is 0 Å². The number of nitrogens with zero attached hydrogens (tertiary/aromatic N) is 2. The second kappa shape index (κ2) is 7.26. The van der Waals surface area contributed by atoms with Crippen molar-refractivity contribution < 1.29 is 0 Å². The third-order valence-electron chi connectivity index (χ3n) is 4.24. The van der Waals surface area contributed by atoms with Crippen molar-refractivity contribution in [2.45, 2.75) is 13.3 Å². The number of hydrogen-bond donors (Lipinski definition) is 1. The van der Waals surface area contributed by atoms with Crippen molar-refractivity contribution in [1.82, 2.24) is 9.97 Å². The number of benzene rings is 3. The van der Waals surface area contributed by atoms with E-state index in [1.165, 1.54) is 11.1 Å². The van der Waals surface area contributed by atoms with Gasteiger partial charge in [0.05, 0.1) is 16.7 Å². The number of anilines is 2. The van der Waals surface area contributed by atoms with Crippen LogP contribution in [0.2, 0.25) is 0 Å². The maximum absolute atomic E-state index is 4.87. The maximum atomic E-state index is 4.87. The standard InChI is InChI=1S/C22H18BrN3/c1-15-6-8-16(9-7-15)14-21-22(24-18-12-10-17(23)11-13-18)26-20-5-3-2-4-19(20)25-21/h2-13H,14H2,1H3,(H,24,26). The van der Waals surface area contributed by atoms with Crippen LogP contribution in [0.5, 0.6) is 0 Å². The van der Waals surface area contributed by atoms with E-state index in [0.717, 1.165) is 39.1 Å². The molecule has 26 heavy (non-hydrogen) atoms. The van der Waals surface area contributed by atoms with E-state index < -0.39 is 0 Å². The average molecular weight is 404 g/mol. The molecule has 0 saturated carbocycles. The summed E-state index contributed by atoms with van der Waals surface area (Å²) in [5, 5.41) is 3.43. The van der Waals surface area contributed by atoms with Crippen LogP contribution in [0, 0.1) is 6.92 Å². The normalized spacial score (nSPS) is 10.8. The SMILES string of the molecule is Cc1ccc(Cc2nc3ccccc3nc2Nc2ccc(Br)cc2)cc1. The Bertz CT molecular complexity index is 955. The van der Waals surface area contributed by atoms with Crippen molar-refractivity contribution in [3.8, 4) is 0 Å². The van der Waals surface area contributed by atoms with Gasteiger partial charge in [-0.05, 0) is 48.9 Å². The van der Waals surface area contributed by atoms with E-state index in [4.69, 9.17) is 9.97 Å². The summed E-state index contributed by atoms with van der Waals surface area (Å²) in [5.74, 6) is 0.798. The van der Waals surface area contributed by atoms with Gasteiger partial charge in [0.25, 0.3) is 0 Å². The molecular formula is C22H18BrN3. The van der Waals surface area contributed by atoms with E-state index >= 15 is 0 Å². The van der Waals surface area contributed by atoms with Crippen molar-refractivity contribution in [2.24, 2.45) is 0 Å². The van der Waals surface area contributed by atoms with Crippen LogP contribution in [-0.4, -0.2) is 9.97 Å². The van der Waals surface area contributed by atoms with Gasteiger partial charge >= 0.3 is 0 Å². The summed E-state index contributed by atoms with van der Waals surface area (Å²) >= 11 is 3.47. The molecule has 0 fully saturated rings. The Balaban J connectivity index is 1.75. The zero-order chi connectivity index (χ0) is 17.9. The maximum Gasteiger partial charge on any atom is 0.153 e. The van der Waals surface area contributed by atoms with Crippen LogP contribution in [0.25, 0.3) is 11.0 Å². The molecule has 0 aliphatic rings. The Morgan fingerprint density at radius 3 is 2.15 bits per heavy atom. The van der Waals surface area contributed by atoms with Gasteiger partial charge in [0, 0.05) is 16.6 Å². The van der Waals surface area contributed by atoms with Crippen molar-refractivity contribution in [3.05, 3.63) is 94.1 Å². The fraction of sp³-hybridized carbons (Fsp3) is 0.0909. The zero-order valence-corrected chi connectivity index (χ0v) is 16.0. The van der Waals surface area contributed by atoms with Crippen LogP contribution in [0.3, 0.4) is 0 Å². The second-order valence-electron chi connectivity index (χ2n) is 6.30. The van der Waals surface area contributed by atoms with Crippen LogP contribution in [0.1, 0.15) is 16.8 Å². The molecule has 0 bridgehead atoms. The molecule has 3 aromatic carbocycles. The molecular weight excluding hydrogens is 386 g/mol. The number of hydrogen-bond acceptors (Lipinski definition) is 3. The van der Waals surface area contributed by atoms with E-state index in [-0.39, 0.29) is 0 Å². The van der Waals surface area contributed by atoms with E-state index in [2.05, 4.69) is 52.4 Å². The van der Waals surface area contributed by atoms with E-state index in [1.54, 1.807) is 0 Å². The van der Waals surface area contributed by atoms with Crippen molar-refractivity contribution in [1.29, 1.82) is 0 Å². The molecule has 128 valence electrons. The summed E-state index contributed by atoms with van der Waals surface area (Å²) in [5.41, 5.74) is 6.21. The summed E-state index contributed by atoms with van der Waals surface area (Å²) in [4.78, 5) is 9.69. The minimum Gasteiger partial charge on any atom is -0.339 e. The van der Waals surface area contributed by atoms with Gasteiger partial charge in [0.1, 0.15) is 0 Å². The van der Waals surface area contributed by atoms with E-state index in [1.807, 2.05) is 48.5 Å². The van der Waals surface area contributed by atoms with Gasteiger partial charge in [-0.3, -0.25) is 0 Å². The number of aromatic nitrogens is 2. The van der Waals surface area contributed by atoms with Crippen LogP contribution in [0.4, 0.5) is 11.5 Å². The molecule has 0 spiro atoms. The van der Waals surface area contributed by atoms with Gasteiger partial charge in [-0.1, -0.05) is 57.9 Å². The van der Waals surface area contributed by atoms with Crippen LogP contribution in [-0.2, 0) is 6.42 Å². The molecule has 4 rings (SSSR count). The Kier molecular flexibility index (Phi) is 4.67. The predicted octanol–water partition coefficient (Wildman–Crippen LogP) is 6.04. The van der Waals surface area contributed by atoms with Crippen LogP contribution >= 0.6 is 15.9 Å². The quantitative estimate of drug-likeness (QED) is 0.451. The molecule has 0 radical (unpaired) electrons. The van der Waals surface area contributed by atoms with Crippen molar-refractivity contribution >= 4 is 38.5 Å². The highest BCUT2D eigenvalue weighted by atomic mass is 79.9. The summed E-state index contributed by atoms with van der Waals surface area (Å²) < 4.78 is 1.05. The lowest BCUT2D eigenvalue weighted by atomic mass is 10.1. The first-order chi connectivity index (χ1) is 12.7. The first kappa shape index (κ1) is 16.7. The van der Waals surface area contributed by atoms with Crippen molar-refractivity contribution in [3.63, 3.8) is 0 Å². The first-order valence-corrected chi connectivity index (χ1v) is 9.30. The molecule has 0 unspecified atom stereocenters. The smallest absolute Gasteiger partial charge is 0.153 e. The number of rotatable bonds is 4. The minimum absolute atomic E-state index is 0.733. The molecule has 4 aromatic rings. The summed E-state index contributed by atoms with van der Waals surface area (Å²) in [6, 6.07) is 24.6. The molecule has 0 saturated heterocycles. The van der Waals surface area contributed by atoms with E-state index in [9.17, 15) is 0 Å². The molecule has 3 nitrogen and oxygen atoms in total. The lowest BCUT2D eigenvalue weighted by Crippen LogP contribution is -2.04. The van der Waals surface area contributed by atoms with Crippen LogP contribution < -0.4 is 5.32 Å². The molecule has 0 aliphatic carbocycles. The highest BCUT2D eigenvalue weighted by Gasteiger charge is 2.10. The summed E-state index contributed by atoms with van der Waals surface area (Å²) in [7, 11) is 0. The number of fused-ring (bicyclic) bond motifs is 1. The summed E-state index contributed by atoms with van der Waals surface area (Å²) in [6.07, 6.45) is 0.733. The van der Waals surface area contributed by atoms with Gasteiger partial charge in [-0.2, -0.15) is 0 Å². The molecule has 0 aliphatic heterocycles. The third kappa shape index (κ3) is 3.75. The minimum atomic E-state index is 0.733. The zero-order valence-electron chi connectivity index (χ0n) is 14.4. The fourth-order valence-electron chi connectivity index (χ4n) is 2.83. The molecule has 0 atom stereocenters. The average Bonchev–Trinajstić information content (AvgIpc) is 2.66. The monoisotopic (exact) mass is 403 g/mol. The fourth-order valence-corrected chi connectivity index (χ4v) is 3.09. The first-order valence-electron chi connectivity index (χ1n) is 8.51. The highest BCUT2D eigenvalue weighted by molar-refractivity contribution is 9.10. The van der Waals surface area contributed by atoms with Crippen molar-refractivity contribution in [2.75, 3.05) is 5.32 Å². The van der Waals surface area contributed by atoms with Gasteiger partial charge in [0.15, 0.2) is 5.82 Å². The molecule has 1 N–H and O–H groups in total. The lowest BCUT2D eigenvalue weighted by Gasteiger charge is -2.12. The third-order valence-corrected chi connectivity index (χ3v) is 4.77. The van der Waals surface area contributed by atoms with Gasteiger partial charge < -0.3 is 5.32 Å². The molecule has 1 aromatic heterocycles. The number of aryl methyl sites for hydroxylation is 1. The second-order valence-corrected chi connectivity index (χ2v) is 7.22. The van der Waals surface area contributed by atoms with Crippen LogP contribution in [0.15, 0.2) is 77.3 Å². The highest BCUT2D eigenvalue weighted by Crippen LogP contribution is 2.24. The largest absolute Gasteiger partial charge is 0.339 e. The molecule has 0 amide bonds. The lowest BCUT2D eigenvalue weighted by molar-refractivity contribution is 1.07. The Hall–Kier alpha value is -2.72. The predicted molar refractivity (Wildman–Crippen MR) is 111 cm³/mol. The number of para-hydroxylation sites is 2. The van der Waals surface area contributed by atoms with Gasteiger partial charge in [0.2, 0.25) is 0 Å². The molecule has 1 heterocycles.